The van der Waals surface area contributed by atoms with Crippen molar-refractivity contribution < 1.29 is 88.9 Å². The van der Waals surface area contributed by atoms with Crippen molar-refractivity contribution in [3.8, 4) is 5.75 Å². The topological polar surface area (TPSA) is 47.6 Å². The van der Waals surface area contributed by atoms with E-state index in [1.165, 1.54) is 0 Å². The molecular weight excluding hydrogens is 661 g/mol. The van der Waals surface area contributed by atoms with E-state index >= 15 is 0 Å². The minimum atomic E-state index is -8.67. The first-order valence-corrected chi connectivity index (χ1v) is 11.8. The van der Waals surface area contributed by atoms with E-state index in [1.54, 1.807) is 0 Å². The lowest BCUT2D eigenvalue weighted by molar-refractivity contribution is -0.451. The summed E-state index contributed by atoms with van der Waals surface area (Å²) in [5.74, 6) is -55.7. The molecule has 0 heterocycles. The molecule has 0 aliphatic carbocycles. The molecule has 44 heavy (non-hydrogen) atoms. The highest BCUT2D eigenvalue weighted by Gasteiger charge is 2.93. The van der Waals surface area contributed by atoms with Crippen LogP contribution in [0.5, 0.6) is 5.75 Å². The second-order valence-corrected chi connectivity index (χ2v) is 8.84. The smallest absolute Gasteiger partial charge is 0.449 e. The van der Waals surface area contributed by atoms with Crippen molar-refractivity contribution in [3.05, 3.63) is 36.1 Å². The Balaban J connectivity index is 3.24. The van der Waals surface area contributed by atoms with Gasteiger partial charge in [-0.15, -0.1) is 0 Å². The molecule has 0 saturated heterocycles. The Kier molecular flexibility index (Phi) is 11.9. The molecule has 0 fully saturated rings. The quantitative estimate of drug-likeness (QED) is 0.114. The summed E-state index contributed by atoms with van der Waals surface area (Å²) in [4.78, 5) is 11.8. The van der Waals surface area contributed by atoms with Crippen molar-refractivity contribution in [2.75, 3.05) is 11.9 Å². The Hall–Kier alpha value is -3.16. The zero-order chi connectivity index (χ0) is 34.6. The normalized spacial score (nSPS) is 14.7. The van der Waals surface area contributed by atoms with Crippen LogP contribution in [0.15, 0.2) is 36.1 Å². The highest BCUT2D eigenvalue weighted by molar-refractivity contribution is 5.84. The number of hydrogen-bond acceptors (Lipinski definition) is 3. The van der Waals surface area contributed by atoms with Crippen LogP contribution >= 0.6 is 0 Å². The Bertz CT molecular complexity index is 1160. The molecule has 1 aromatic rings. The third kappa shape index (κ3) is 7.37. The van der Waals surface area contributed by atoms with Crippen molar-refractivity contribution in [1.82, 2.24) is 0 Å². The molecule has 0 radical (unpaired) electrons. The highest BCUT2D eigenvalue weighted by Crippen LogP contribution is 2.63. The summed E-state index contributed by atoms with van der Waals surface area (Å²) in [6.07, 6.45) is -5.15. The van der Waals surface area contributed by atoms with E-state index in [0.29, 0.717) is 25.0 Å². The van der Waals surface area contributed by atoms with Crippen molar-refractivity contribution >= 4 is 11.8 Å². The summed E-state index contributed by atoms with van der Waals surface area (Å²) in [5.41, 5.74) is -0.428. The van der Waals surface area contributed by atoms with E-state index in [9.17, 15) is 79.4 Å². The molecule has 0 spiro atoms. The lowest BCUT2D eigenvalue weighted by atomic mass is 9.91. The minimum absolute atomic E-state index is 0.0823. The van der Waals surface area contributed by atoms with Gasteiger partial charge in [0.2, 0.25) is 5.83 Å². The largest absolute Gasteiger partial charge is 0.460 e. The van der Waals surface area contributed by atoms with Gasteiger partial charge in [0, 0.05) is 11.8 Å². The number of anilines is 1. The zero-order valence-electron chi connectivity index (χ0n) is 21.7. The molecule has 0 saturated carbocycles. The molecule has 1 aromatic carbocycles. The fourth-order valence-corrected chi connectivity index (χ4v) is 3.04. The fourth-order valence-electron chi connectivity index (χ4n) is 3.04. The summed E-state index contributed by atoms with van der Waals surface area (Å²) in [6, 6.07) is -0.807. The Labute approximate surface area is 236 Å². The third-order valence-electron chi connectivity index (χ3n) is 5.54. The lowest BCUT2D eigenvalue weighted by Gasteiger charge is -2.41. The highest BCUT2D eigenvalue weighted by atomic mass is 19.4. The average Bonchev–Trinajstić information content (AvgIpc) is 2.89. The maximum Gasteiger partial charge on any atom is 0.460 e. The molecule has 0 aromatic heterocycles. The fraction of sp³-hybridized carbons (Fsp3) is 0.609. The number of halogens is 17. The van der Waals surface area contributed by atoms with Crippen LogP contribution in [0.3, 0.4) is 0 Å². The van der Waals surface area contributed by atoms with Gasteiger partial charge in [0.1, 0.15) is 5.75 Å². The number of allylic oxidation sites excluding steroid dienone is 1. The maximum atomic E-state index is 14.0. The number of unbranched alkanes of at least 4 members (excludes halogenated alkanes) is 4. The van der Waals surface area contributed by atoms with Crippen LogP contribution in [0, 0.1) is 0 Å². The molecule has 0 atom stereocenters. The third-order valence-corrected chi connectivity index (χ3v) is 5.54. The van der Waals surface area contributed by atoms with E-state index in [0.717, 1.165) is 31.4 Å². The van der Waals surface area contributed by atoms with Crippen molar-refractivity contribution in [2.24, 2.45) is 0 Å². The Morgan fingerprint density at radius 2 is 1.20 bits per heavy atom. The van der Waals surface area contributed by atoms with Gasteiger partial charge in [-0.05, 0) is 18.6 Å². The van der Waals surface area contributed by atoms with Crippen LogP contribution in [0.25, 0.3) is 0 Å². The lowest BCUT2D eigenvalue weighted by Crippen LogP contribution is -2.72. The number of nitrogens with one attached hydrogen (secondary N) is 1. The number of hydrogen-bond donors (Lipinski definition) is 1. The number of rotatable bonds is 15. The van der Waals surface area contributed by atoms with Crippen LogP contribution in [-0.4, -0.2) is 54.4 Å². The number of benzene rings is 1. The van der Waals surface area contributed by atoms with E-state index in [1.807, 2.05) is 12.2 Å². The summed E-state index contributed by atoms with van der Waals surface area (Å²) in [6.45, 7) is 1.86. The summed E-state index contributed by atoms with van der Waals surface area (Å²) in [7, 11) is 0. The monoisotopic (exact) mass is 681 g/mol. The zero-order valence-corrected chi connectivity index (χ0v) is 21.7. The number of carbonyl (C=O) groups is 1. The molecule has 0 aliphatic rings. The summed E-state index contributed by atoms with van der Waals surface area (Å²) < 4.78 is 235. The van der Waals surface area contributed by atoms with Gasteiger partial charge in [-0.25, -0.2) is 4.79 Å². The van der Waals surface area contributed by atoms with E-state index in [2.05, 4.69) is 4.74 Å². The molecule has 1 rings (SSSR count). The van der Waals surface area contributed by atoms with Gasteiger partial charge in [-0.2, -0.15) is 74.6 Å². The molecule has 1 amide bonds. The van der Waals surface area contributed by atoms with Crippen LogP contribution in [0.4, 0.5) is 85.1 Å². The predicted molar refractivity (Wildman–Crippen MR) is 116 cm³/mol. The molecule has 0 aliphatic heterocycles. The molecule has 1 N–H and O–H groups in total. The molecule has 0 bridgehead atoms. The van der Waals surface area contributed by atoms with E-state index in [4.69, 9.17) is 4.74 Å². The first-order valence-electron chi connectivity index (χ1n) is 11.8. The minimum Gasteiger partial charge on any atom is -0.449 e. The standard InChI is InChI=1S/C23H20F17NO3/c1-2-3-4-5-6-10-43-16(42)41-12-8-7-9-13(11-12)44-15(25)14(24)17(26,27)18(28,29)19(30,31)20(32,33)21(34,35)22(36,37)23(38,39)40/h7-9,11H,2-6,10H2,1H3,(H,41,42). The van der Waals surface area contributed by atoms with Gasteiger partial charge >= 0.3 is 53.8 Å². The number of carbonyl (C=O) groups excluding carboxylic acids is 1. The molecule has 21 heteroatoms. The second kappa shape index (κ2) is 13.5. The van der Waals surface area contributed by atoms with Crippen molar-refractivity contribution in [1.29, 1.82) is 0 Å². The number of ether oxygens (including phenoxy) is 2. The van der Waals surface area contributed by atoms with Crippen molar-refractivity contribution in [3.63, 3.8) is 0 Å². The first kappa shape index (κ1) is 38.9. The first-order chi connectivity index (χ1) is 19.7. The SMILES string of the molecule is CCCCCCCOC(=O)Nc1cccc(OC(F)=C(F)C(F)(F)C(F)(F)C(F)(F)C(F)(F)C(F)(F)C(F)(F)C(F)(F)F)c1. The average molecular weight is 681 g/mol. The van der Waals surface area contributed by atoms with Gasteiger partial charge in [-0.1, -0.05) is 38.7 Å². The predicted octanol–water partition coefficient (Wildman–Crippen LogP) is 10.1. The summed E-state index contributed by atoms with van der Waals surface area (Å²) in [5, 5.41) is 1.98. The molecular formula is C23H20F17NO3. The number of alkyl halides is 15. The Morgan fingerprint density at radius 3 is 1.73 bits per heavy atom. The van der Waals surface area contributed by atoms with Gasteiger partial charge in [0.25, 0.3) is 0 Å². The van der Waals surface area contributed by atoms with Crippen LogP contribution in [0.1, 0.15) is 39.0 Å². The van der Waals surface area contributed by atoms with Crippen LogP contribution in [-0.2, 0) is 4.74 Å². The second-order valence-electron chi connectivity index (χ2n) is 8.84. The van der Waals surface area contributed by atoms with Gasteiger partial charge in [-0.3, -0.25) is 5.32 Å². The van der Waals surface area contributed by atoms with E-state index in [-0.39, 0.29) is 6.61 Å². The van der Waals surface area contributed by atoms with Crippen molar-refractivity contribution in [2.45, 2.75) is 80.7 Å². The van der Waals surface area contributed by atoms with Gasteiger partial charge in [0.05, 0.1) is 6.61 Å². The van der Waals surface area contributed by atoms with E-state index < -0.39 is 71.1 Å². The summed E-state index contributed by atoms with van der Waals surface area (Å²) >= 11 is 0. The van der Waals surface area contributed by atoms with Gasteiger partial charge < -0.3 is 9.47 Å². The molecule has 254 valence electrons. The van der Waals surface area contributed by atoms with Gasteiger partial charge in [0.15, 0.2) is 0 Å². The molecule has 0 unspecified atom stereocenters. The van der Waals surface area contributed by atoms with Crippen LogP contribution < -0.4 is 10.1 Å². The maximum absolute atomic E-state index is 14.0. The number of amides is 1. The van der Waals surface area contributed by atoms with Crippen LogP contribution in [0.2, 0.25) is 0 Å². The Morgan fingerprint density at radius 1 is 0.705 bits per heavy atom. The molecule has 4 nitrogen and oxygen atoms in total.